The molecule has 1 aliphatic heterocycles. The molecule has 0 aromatic carbocycles. The maximum Gasteiger partial charge on any atom is 0.345 e. The molecule has 28 heavy (non-hydrogen) atoms. The topological polar surface area (TPSA) is 62.3 Å². The van der Waals surface area contributed by atoms with E-state index in [4.69, 9.17) is 9.26 Å². The zero-order valence-electron chi connectivity index (χ0n) is 19.1. The fourth-order valence-corrected chi connectivity index (χ4v) is 5.60. The number of hydrogen-bond donors (Lipinski definition) is 0. The molecule has 1 fully saturated rings. The van der Waals surface area contributed by atoms with Gasteiger partial charge in [-0.15, -0.1) is 0 Å². The molecule has 0 N–H and O–H groups in total. The molecule has 1 amide bonds. The summed E-state index contributed by atoms with van der Waals surface area (Å²) >= 11 is 0. The lowest BCUT2D eigenvalue weighted by atomic mass is 10.1. The Bertz CT molecular complexity index is 520. The van der Waals surface area contributed by atoms with Gasteiger partial charge in [0.25, 0.3) is 5.91 Å². The largest absolute Gasteiger partial charge is 0.366 e. The second-order valence-electron chi connectivity index (χ2n) is 8.29. The molecule has 2 unspecified atom stereocenters. The van der Waals surface area contributed by atoms with Crippen molar-refractivity contribution in [2.24, 2.45) is 0 Å². The maximum atomic E-state index is 13.6. The highest BCUT2D eigenvalue weighted by atomic mass is 31.2. The molecule has 1 aliphatic rings. The smallest absolute Gasteiger partial charge is 0.345 e. The number of rotatable bonds is 12. The van der Waals surface area contributed by atoms with Gasteiger partial charge in [-0.2, -0.15) is 0 Å². The molecule has 7 nitrogen and oxygen atoms in total. The van der Waals surface area contributed by atoms with Crippen molar-refractivity contribution in [3.63, 3.8) is 0 Å². The summed E-state index contributed by atoms with van der Waals surface area (Å²) in [5.41, 5.74) is -0.828. The quantitative estimate of drug-likeness (QED) is 0.352. The van der Waals surface area contributed by atoms with E-state index in [0.29, 0.717) is 32.8 Å². The summed E-state index contributed by atoms with van der Waals surface area (Å²) < 4.78 is 29.0. The van der Waals surface area contributed by atoms with Crippen LogP contribution in [0.3, 0.4) is 0 Å². The molecule has 2 atom stereocenters. The third-order valence-electron chi connectivity index (χ3n) is 5.21. The van der Waals surface area contributed by atoms with Crippen LogP contribution in [0.4, 0.5) is 0 Å². The van der Waals surface area contributed by atoms with Gasteiger partial charge in [-0.1, -0.05) is 32.6 Å². The van der Waals surface area contributed by atoms with Crippen LogP contribution in [0.15, 0.2) is 0 Å². The number of unbranched alkanes of at least 4 members (excludes halogenated alkanes) is 3. The van der Waals surface area contributed by atoms with Crippen molar-refractivity contribution in [3.05, 3.63) is 0 Å². The summed E-state index contributed by atoms with van der Waals surface area (Å²) in [6.07, 6.45) is 5.57. The van der Waals surface area contributed by atoms with Gasteiger partial charge in [0.05, 0.1) is 6.10 Å². The van der Waals surface area contributed by atoms with Crippen LogP contribution in [0.2, 0.25) is 0 Å². The first-order valence-electron chi connectivity index (χ1n) is 10.7. The number of carbonyl (C=O) groups is 1. The third-order valence-corrected chi connectivity index (χ3v) is 7.97. The molecule has 1 heterocycles. The van der Waals surface area contributed by atoms with Gasteiger partial charge in [-0.05, 0) is 48.2 Å². The molecule has 0 aliphatic carbocycles. The lowest BCUT2D eigenvalue weighted by Crippen LogP contribution is -2.54. The summed E-state index contributed by atoms with van der Waals surface area (Å²) in [7, 11) is 0.521. The SMILES string of the molecule is CCCCCCC(C)OP(=O)(N(C)C)N1CCN(C(=O)C(C)(C)OCC)CC1. The molecule has 1 rings (SSSR count). The molecule has 0 spiro atoms. The Morgan fingerprint density at radius 2 is 1.71 bits per heavy atom. The Balaban J connectivity index is 2.66. The second-order valence-corrected chi connectivity index (χ2v) is 10.8. The van der Waals surface area contributed by atoms with Crippen LogP contribution in [0.5, 0.6) is 0 Å². The van der Waals surface area contributed by atoms with Gasteiger partial charge in [0.1, 0.15) is 5.60 Å². The van der Waals surface area contributed by atoms with Gasteiger partial charge in [0, 0.05) is 32.8 Å². The van der Waals surface area contributed by atoms with Crippen molar-refractivity contribution in [1.82, 2.24) is 14.2 Å². The lowest BCUT2D eigenvalue weighted by molar-refractivity contribution is -0.155. The maximum absolute atomic E-state index is 13.6. The first-order valence-corrected chi connectivity index (χ1v) is 12.3. The van der Waals surface area contributed by atoms with E-state index in [9.17, 15) is 9.36 Å². The van der Waals surface area contributed by atoms with Gasteiger partial charge in [0.2, 0.25) is 0 Å². The molecule has 1 saturated heterocycles. The van der Waals surface area contributed by atoms with Crippen LogP contribution in [0, 0.1) is 0 Å². The van der Waals surface area contributed by atoms with Crippen LogP contribution in [0.25, 0.3) is 0 Å². The summed E-state index contributed by atoms with van der Waals surface area (Å²) in [6.45, 7) is 12.3. The Hall–Kier alpha value is -0.460. The van der Waals surface area contributed by atoms with E-state index >= 15 is 0 Å². The summed E-state index contributed by atoms with van der Waals surface area (Å²) in [5.74, 6) is -0.0149. The van der Waals surface area contributed by atoms with E-state index in [1.807, 2.05) is 18.5 Å². The average molecular weight is 420 g/mol. The standard InChI is InChI=1S/C20H42N3O4P/c1-8-10-11-12-13-18(3)27-28(25,21(6)7)23-16-14-22(15-17-23)19(24)20(4,5)26-9-2/h18H,8-17H2,1-7H3. The van der Waals surface area contributed by atoms with Crippen LogP contribution >= 0.6 is 7.67 Å². The predicted octanol–water partition coefficient (Wildman–Crippen LogP) is 3.99. The lowest BCUT2D eigenvalue weighted by Gasteiger charge is -2.42. The number of carbonyl (C=O) groups excluding carboxylic acids is 1. The third kappa shape index (κ3) is 7.10. The van der Waals surface area contributed by atoms with Gasteiger partial charge in [-0.3, -0.25) is 9.36 Å². The molecule has 0 bridgehead atoms. The van der Waals surface area contributed by atoms with Gasteiger partial charge < -0.3 is 14.2 Å². The molecule has 0 aromatic rings. The van der Waals surface area contributed by atoms with Crippen molar-refractivity contribution in [2.75, 3.05) is 46.9 Å². The first kappa shape index (κ1) is 25.6. The van der Waals surface area contributed by atoms with Crippen LogP contribution < -0.4 is 0 Å². The summed E-state index contributed by atoms with van der Waals surface area (Å²) in [5, 5.41) is 0. The van der Waals surface area contributed by atoms with Crippen molar-refractivity contribution < 1.29 is 18.6 Å². The van der Waals surface area contributed by atoms with E-state index in [0.717, 1.165) is 12.8 Å². The summed E-state index contributed by atoms with van der Waals surface area (Å²) in [6, 6.07) is 0. The van der Waals surface area contributed by atoms with Crippen molar-refractivity contribution in [2.45, 2.75) is 78.4 Å². The highest BCUT2D eigenvalue weighted by Crippen LogP contribution is 2.54. The molecule has 0 radical (unpaired) electrons. The van der Waals surface area contributed by atoms with E-state index in [1.54, 1.807) is 37.5 Å². The first-order chi connectivity index (χ1) is 13.1. The minimum atomic E-state index is -3.09. The van der Waals surface area contributed by atoms with Crippen molar-refractivity contribution in [1.29, 1.82) is 0 Å². The fraction of sp³-hybridized carbons (Fsp3) is 0.950. The van der Waals surface area contributed by atoms with Gasteiger partial charge in [0.15, 0.2) is 0 Å². The molecular weight excluding hydrogens is 377 g/mol. The fourth-order valence-electron chi connectivity index (χ4n) is 3.51. The average Bonchev–Trinajstić information content (AvgIpc) is 2.64. The monoisotopic (exact) mass is 419 g/mol. The minimum Gasteiger partial charge on any atom is -0.366 e. The van der Waals surface area contributed by atoms with Crippen LogP contribution in [-0.2, 0) is 18.6 Å². The van der Waals surface area contributed by atoms with E-state index in [2.05, 4.69) is 6.92 Å². The molecule has 166 valence electrons. The summed E-state index contributed by atoms with van der Waals surface area (Å²) in [4.78, 5) is 14.5. The van der Waals surface area contributed by atoms with E-state index in [-0.39, 0.29) is 12.0 Å². The number of hydrogen-bond acceptors (Lipinski definition) is 4. The van der Waals surface area contributed by atoms with E-state index in [1.165, 1.54) is 19.3 Å². The normalized spacial score (nSPS) is 19.6. The highest BCUT2D eigenvalue weighted by molar-refractivity contribution is 7.53. The predicted molar refractivity (Wildman–Crippen MR) is 114 cm³/mol. The molecule has 0 saturated carbocycles. The molecule has 8 heteroatoms. The number of piperazine rings is 1. The van der Waals surface area contributed by atoms with Gasteiger partial charge in [-0.25, -0.2) is 9.34 Å². The highest BCUT2D eigenvalue weighted by Gasteiger charge is 2.41. The van der Waals surface area contributed by atoms with Gasteiger partial charge >= 0.3 is 7.67 Å². The zero-order valence-corrected chi connectivity index (χ0v) is 20.0. The van der Waals surface area contributed by atoms with Crippen molar-refractivity contribution >= 4 is 13.6 Å². The Kier molecular flexibility index (Phi) is 10.6. The Labute approximate surface area is 172 Å². The number of amides is 1. The Morgan fingerprint density at radius 3 is 2.21 bits per heavy atom. The second kappa shape index (κ2) is 11.7. The van der Waals surface area contributed by atoms with Crippen LogP contribution in [0.1, 0.15) is 66.7 Å². The van der Waals surface area contributed by atoms with Crippen molar-refractivity contribution in [3.8, 4) is 0 Å². The minimum absolute atomic E-state index is 0.0149. The Morgan fingerprint density at radius 1 is 1.11 bits per heavy atom. The number of nitrogens with zero attached hydrogens (tertiary/aromatic N) is 3. The molecular formula is C20H42N3O4P. The molecule has 0 aromatic heterocycles. The number of ether oxygens (including phenoxy) is 1. The zero-order chi connectivity index (χ0) is 21.4. The van der Waals surface area contributed by atoms with Crippen LogP contribution in [-0.4, -0.2) is 78.7 Å². The van der Waals surface area contributed by atoms with E-state index < -0.39 is 13.3 Å².